The topological polar surface area (TPSA) is 34.3 Å². The first-order chi connectivity index (χ1) is 14.7. The highest BCUT2D eigenvalue weighted by molar-refractivity contribution is 7.80. The summed E-state index contributed by atoms with van der Waals surface area (Å²) in [4.78, 5) is 8.17. The Morgan fingerprint density at radius 3 is 2.43 bits per heavy atom. The summed E-state index contributed by atoms with van der Waals surface area (Å²) < 4.78 is 0. The number of aromatic nitrogens is 1. The van der Waals surface area contributed by atoms with E-state index in [0.29, 0.717) is 0 Å². The highest BCUT2D eigenvalue weighted by atomic mass is 32.1. The fraction of sp³-hybridized carbons (Fsp3) is 0.400. The lowest BCUT2D eigenvalue weighted by molar-refractivity contribution is 0.281. The van der Waals surface area contributed by atoms with E-state index in [1.807, 2.05) is 0 Å². The second-order valence-electron chi connectivity index (χ2n) is 7.60. The molecular weight excluding hydrogens is 388 g/mol. The molecule has 0 bridgehead atoms. The Morgan fingerprint density at radius 1 is 0.933 bits per heavy atom. The minimum atomic E-state index is 0.792. The van der Waals surface area contributed by atoms with Crippen LogP contribution in [0.25, 0.3) is 10.9 Å². The van der Waals surface area contributed by atoms with Crippen LogP contribution in [0.5, 0.6) is 0 Å². The normalized spacial score (nSPS) is 11.2. The number of anilines is 1. The summed E-state index contributed by atoms with van der Waals surface area (Å²) in [5, 5.41) is 5.58. The van der Waals surface area contributed by atoms with E-state index < -0.39 is 0 Å². The Balaban J connectivity index is 1.76. The molecule has 0 aliphatic heterocycles. The van der Waals surface area contributed by atoms with Gasteiger partial charge in [-0.05, 0) is 68.0 Å². The predicted octanol–water partition coefficient (Wildman–Crippen LogP) is 5.66. The first-order valence-electron chi connectivity index (χ1n) is 11.1. The van der Waals surface area contributed by atoms with Crippen LogP contribution in [0, 0.1) is 0 Å². The van der Waals surface area contributed by atoms with E-state index in [0.717, 1.165) is 56.4 Å². The molecule has 0 aliphatic carbocycles. The molecule has 2 aromatic carbocycles. The van der Waals surface area contributed by atoms with Gasteiger partial charge < -0.3 is 20.1 Å². The van der Waals surface area contributed by atoms with Crippen molar-refractivity contribution in [3.05, 3.63) is 65.9 Å². The Hall–Kier alpha value is -2.37. The summed E-state index contributed by atoms with van der Waals surface area (Å²) in [5.74, 6) is 0. The maximum absolute atomic E-state index is 5.89. The molecule has 1 aromatic heterocycles. The molecule has 2 N–H and O–H groups in total. The number of aryl methyl sites for hydroxylation is 1. The molecule has 0 radical (unpaired) electrons. The molecule has 0 amide bonds. The summed E-state index contributed by atoms with van der Waals surface area (Å²) in [6.07, 6.45) is 4.18. The average Bonchev–Trinajstić information content (AvgIpc) is 3.19. The van der Waals surface area contributed by atoms with Crippen LogP contribution < -0.4 is 5.32 Å². The molecule has 0 fully saturated rings. The van der Waals surface area contributed by atoms with Crippen LogP contribution in [-0.4, -0.2) is 46.1 Å². The molecule has 0 saturated heterocycles. The lowest BCUT2D eigenvalue weighted by atomic mass is 10.1. The molecule has 160 valence electrons. The number of fused-ring (bicyclic) bond motifs is 1. The van der Waals surface area contributed by atoms with Crippen molar-refractivity contribution in [1.82, 2.24) is 14.8 Å². The van der Waals surface area contributed by atoms with Crippen LogP contribution in [0.2, 0.25) is 0 Å². The highest BCUT2D eigenvalue weighted by Crippen LogP contribution is 2.21. The van der Waals surface area contributed by atoms with Gasteiger partial charge in [0.05, 0.1) is 0 Å². The van der Waals surface area contributed by atoms with Crippen LogP contribution in [0.15, 0.2) is 54.7 Å². The molecule has 30 heavy (non-hydrogen) atoms. The quantitative estimate of drug-likeness (QED) is 0.413. The molecule has 0 saturated carbocycles. The summed E-state index contributed by atoms with van der Waals surface area (Å²) in [6, 6.07) is 16.9. The summed E-state index contributed by atoms with van der Waals surface area (Å²) in [6.45, 7) is 11.6. The van der Waals surface area contributed by atoms with Crippen molar-refractivity contribution in [2.45, 2.75) is 40.2 Å². The van der Waals surface area contributed by atoms with Crippen molar-refractivity contribution < 1.29 is 0 Å². The van der Waals surface area contributed by atoms with E-state index in [1.54, 1.807) is 0 Å². The fourth-order valence-corrected chi connectivity index (χ4v) is 4.16. The van der Waals surface area contributed by atoms with E-state index in [1.165, 1.54) is 22.0 Å². The molecule has 0 aliphatic rings. The van der Waals surface area contributed by atoms with E-state index in [9.17, 15) is 0 Å². The van der Waals surface area contributed by atoms with E-state index in [-0.39, 0.29) is 0 Å². The predicted molar refractivity (Wildman–Crippen MR) is 133 cm³/mol. The smallest absolute Gasteiger partial charge is 0.173 e. The Kier molecular flexibility index (Phi) is 8.29. The van der Waals surface area contributed by atoms with Crippen molar-refractivity contribution in [3.63, 3.8) is 0 Å². The third-order valence-corrected chi connectivity index (χ3v) is 6.12. The number of hydrogen-bond acceptors (Lipinski definition) is 2. The number of H-pyrrole nitrogens is 1. The number of nitrogens with zero attached hydrogens (tertiary/aromatic N) is 2. The zero-order valence-corrected chi connectivity index (χ0v) is 19.3. The molecule has 1 heterocycles. The van der Waals surface area contributed by atoms with Gasteiger partial charge in [0.1, 0.15) is 0 Å². The molecular formula is C25H34N4S. The number of benzene rings is 2. The second kappa shape index (κ2) is 11.1. The zero-order valence-electron chi connectivity index (χ0n) is 18.4. The summed E-state index contributed by atoms with van der Waals surface area (Å²) in [7, 11) is 0. The van der Waals surface area contributed by atoms with Gasteiger partial charge in [0.2, 0.25) is 0 Å². The van der Waals surface area contributed by atoms with Gasteiger partial charge in [0.25, 0.3) is 0 Å². The Labute approximate surface area is 186 Å². The van der Waals surface area contributed by atoms with Crippen molar-refractivity contribution >= 4 is 33.9 Å². The van der Waals surface area contributed by atoms with Gasteiger partial charge in [0, 0.05) is 35.9 Å². The number of aromatic amines is 1. The summed E-state index contributed by atoms with van der Waals surface area (Å²) >= 11 is 5.89. The van der Waals surface area contributed by atoms with Crippen LogP contribution in [0.4, 0.5) is 5.69 Å². The Morgan fingerprint density at radius 2 is 1.67 bits per heavy atom. The maximum Gasteiger partial charge on any atom is 0.173 e. The van der Waals surface area contributed by atoms with Gasteiger partial charge >= 0.3 is 0 Å². The summed E-state index contributed by atoms with van der Waals surface area (Å²) in [5.41, 5.74) is 4.85. The molecule has 3 rings (SSSR count). The standard InChI is InChI=1S/C25H34N4S/c1-4-20-12-7-9-14-23(20)27-25(30)29(17-11-16-28(5-2)6-3)19-21-18-26-24-15-10-8-13-22(21)24/h7-10,12-15,18,26H,4-6,11,16-17,19H2,1-3H3,(H,27,30). The van der Waals surface area contributed by atoms with Crippen molar-refractivity contribution in [2.24, 2.45) is 0 Å². The molecule has 0 spiro atoms. The second-order valence-corrected chi connectivity index (χ2v) is 7.99. The molecule has 0 unspecified atom stereocenters. The SMILES string of the molecule is CCc1ccccc1NC(=S)N(CCCN(CC)CC)Cc1c[nH]c2ccccc12. The zero-order chi connectivity index (χ0) is 21.3. The van der Waals surface area contributed by atoms with Gasteiger partial charge in [-0.2, -0.15) is 0 Å². The molecule has 5 heteroatoms. The van der Waals surface area contributed by atoms with Gasteiger partial charge in [-0.1, -0.05) is 57.2 Å². The molecule has 4 nitrogen and oxygen atoms in total. The van der Waals surface area contributed by atoms with Crippen LogP contribution in [-0.2, 0) is 13.0 Å². The van der Waals surface area contributed by atoms with Crippen LogP contribution in [0.3, 0.4) is 0 Å². The van der Waals surface area contributed by atoms with Gasteiger partial charge in [-0.15, -0.1) is 0 Å². The molecule has 0 atom stereocenters. The fourth-order valence-electron chi connectivity index (χ4n) is 3.89. The van der Waals surface area contributed by atoms with Gasteiger partial charge in [0.15, 0.2) is 5.11 Å². The van der Waals surface area contributed by atoms with Crippen molar-refractivity contribution in [1.29, 1.82) is 0 Å². The number of rotatable bonds is 10. The maximum atomic E-state index is 5.89. The molecule has 3 aromatic rings. The number of thiocarbonyl (C=S) groups is 1. The third-order valence-electron chi connectivity index (χ3n) is 5.76. The largest absolute Gasteiger partial charge is 0.361 e. The lowest BCUT2D eigenvalue weighted by Gasteiger charge is -2.28. The Bertz CT molecular complexity index is 945. The number of para-hydroxylation sites is 2. The van der Waals surface area contributed by atoms with Crippen LogP contribution >= 0.6 is 12.2 Å². The van der Waals surface area contributed by atoms with Gasteiger partial charge in [-0.3, -0.25) is 0 Å². The lowest BCUT2D eigenvalue weighted by Crippen LogP contribution is -2.37. The van der Waals surface area contributed by atoms with Crippen molar-refractivity contribution in [3.8, 4) is 0 Å². The van der Waals surface area contributed by atoms with E-state index in [2.05, 4.69) is 95.6 Å². The minimum absolute atomic E-state index is 0.792. The first kappa shape index (κ1) is 22.3. The van der Waals surface area contributed by atoms with Crippen molar-refractivity contribution in [2.75, 3.05) is 31.5 Å². The monoisotopic (exact) mass is 422 g/mol. The number of hydrogen-bond donors (Lipinski definition) is 2. The average molecular weight is 423 g/mol. The van der Waals surface area contributed by atoms with Gasteiger partial charge in [-0.25, -0.2) is 0 Å². The first-order valence-corrected chi connectivity index (χ1v) is 11.5. The third kappa shape index (κ3) is 5.61. The number of nitrogens with one attached hydrogen (secondary N) is 2. The van der Waals surface area contributed by atoms with E-state index >= 15 is 0 Å². The van der Waals surface area contributed by atoms with Crippen LogP contribution in [0.1, 0.15) is 38.3 Å². The minimum Gasteiger partial charge on any atom is -0.361 e. The highest BCUT2D eigenvalue weighted by Gasteiger charge is 2.15. The van der Waals surface area contributed by atoms with E-state index in [4.69, 9.17) is 12.2 Å².